The second-order valence-electron chi connectivity index (χ2n) is 13.0. The Morgan fingerprint density at radius 1 is 1.02 bits per heavy atom. The number of rotatable bonds is 13. The quantitative estimate of drug-likeness (QED) is 0.150. The maximum Gasteiger partial charge on any atom is 0.252 e. The van der Waals surface area contributed by atoms with Gasteiger partial charge in [-0.15, -0.1) is 0 Å². The number of carbonyl (C=O) groups excluding carboxylic acids is 1. The molecular formula is C38H43ClF2N2O4. The maximum absolute atomic E-state index is 14.7. The van der Waals surface area contributed by atoms with Crippen molar-refractivity contribution >= 4 is 23.1 Å². The molecule has 1 saturated carbocycles. The third kappa shape index (κ3) is 7.50. The number of methoxy groups -OCH3 is 2. The monoisotopic (exact) mass is 664 g/mol. The smallest absolute Gasteiger partial charge is 0.252 e. The number of carbonyl (C=O) groups is 1. The number of nitrogens with one attached hydrogen (secondary N) is 1. The van der Waals surface area contributed by atoms with Gasteiger partial charge in [0.05, 0.1) is 13.7 Å². The number of aryl methyl sites for hydroxylation is 1. The summed E-state index contributed by atoms with van der Waals surface area (Å²) in [6, 6.07) is 16.9. The van der Waals surface area contributed by atoms with E-state index in [1.807, 2.05) is 12.1 Å². The molecule has 0 spiro atoms. The van der Waals surface area contributed by atoms with Crippen LogP contribution in [0.15, 0.2) is 60.2 Å². The normalized spacial score (nSPS) is 20.7. The predicted molar refractivity (Wildman–Crippen MR) is 180 cm³/mol. The second kappa shape index (κ2) is 14.8. The molecule has 2 aliphatic heterocycles. The molecule has 1 amide bonds. The lowest BCUT2D eigenvalue weighted by atomic mass is 9.75. The van der Waals surface area contributed by atoms with Crippen LogP contribution in [0.25, 0.3) is 5.57 Å². The van der Waals surface area contributed by atoms with Crippen LogP contribution < -0.4 is 14.8 Å². The summed E-state index contributed by atoms with van der Waals surface area (Å²) >= 11 is 5.89. The molecule has 2 bridgehead atoms. The zero-order valence-corrected chi connectivity index (χ0v) is 28.0. The van der Waals surface area contributed by atoms with Crippen molar-refractivity contribution in [2.24, 2.45) is 5.92 Å². The van der Waals surface area contributed by atoms with Gasteiger partial charge in [0.1, 0.15) is 16.6 Å². The minimum Gasteiger partial charge on any atom is -0.496 e. The van der Waals surface area contributed by atoms with Crippen LogP contribution in [-0.2, 0) is 22.5 Å². The summed E-state index contributed by atoms with van der Waals surface area (Å²) in [5.41, 5.74) is 6.33. The molecule has 3 aliphatic rings. The van der Waals surface area contributed by atoms with E-state index in [4.69, 9.17) is 25.8 Å². The highest BCUT2D eigenvalue weighted by molar-refractivity contribution is 6.32. The van der Waals surface area contributed by atoms with Gasteiger partial charge in [-0.3, -0.25) is 4.79 Å². The van der Waals surface area contributed by atoms with E-state index in [-0.39, 0.29) is 41.4 Å². The van der Waals surface area contributed by atoms with E-state index in [0.29, 0.717) is 31.9 Å². The van der Waals surface area contributed by atoms with Gasteiger partial charge >= 0.3 is 0 Å². The molecule has 3 aromatic rings. The third-order valence-corrected chi connectivity index (χ3v) is 10.1. The van der Waals surface area contributed by atoms with Crippen LogP contribution in [0.5, 0.6) is 11.5 Å². The number of nitrogens with zero attached hydrogens (tertiary/aromatic N) is 1. The Morgan fingerprint density at radius 2 is 1.79 bits per heavy atom. The van der Waals surface area contributed by atoms with Gasteiger partial charge < -0.3 is 24.4 Å². The summed E-state index contributed by atoms with van der Waals surface area (Å²) in [5.74, 6) is -0.299. The Balaban J connectivity index is 1.23. The maximum atomic E-state index is 14.7. The molecule has 0 radical (unpaired) electrons. The van der Waals surface area contributed by atoms with E-state index in [0.717, 1.165) is 83.4 Å². The van der Waals surface area contributed by atoms with Gasteiger partial charge in [0, 0.05) is 44.0 Å². The first kappa shape index (κ1) is 33.4. The van der Waals surface area contributed by atoms with Gasteiger partial charge in [-0.1, -0.05) is 48.0 Å². The fraction of sp³-hybridized carbons (Fsp3) is 0.447. The fourth-order valence-electron chi connectivity index (χ4n) is 7.19. The zero-order chi connectivity index (χ0) is 33.1. The molecule has 6 rings (SSSR count). The highest BCUT2D eigenvalue weighted by Gasteiger charge is 2.43. The van der Waals surface area contributed by atoms with Crippen LogP contribution in [0, 0.1) is 24.5 Å². The average Bonchev–Trinajstić information content (AvgIpc) is 3.91. The van der Waals surface area contributed by atoms with Crippen molar-refractivity contribution in [1.29, 1.82) is 0 Å². The first-order valence-electron chi connectivity index (χ1n) is 16.5. The van der Waals surface area contributed by atoms with E-state index in [1.54, 1.807) is 14.2 Å². The molecule has 2 heterocycles. The molecule has 1 aliphatic carbocycles. The van der Waals surface area contributed by atoms with Crippen LogP contribution in [0.4, 0.5) is 8.78 Å². The van der Waals surface area contributed by atoms with Crippen molar-refractivity contribution in [3.05, 3.63) is 99.1 Å². The minimum absolute atomic E-state index is 0.0373. The first-order valence-corrected chi connectivity index (χ1v) is 16.9. The summed E-state index contributed by atoms with van der Waals surface area (Å²) in [6.07, 6.45) is 5.98. The lowest BCUT2D eigenvalue weighted by Gasteiger charge is -2.43. The van der Waals surface area contributed by atoms with E-state index in [9.17, 15) is 13.6 Å². The standard InChI is InChI=1S/C38H43ClF2N2O4/c1-23-27(7-4-8-34(23)46-3)21-43(29-13-14-29)38(44)35-30(20-28-18-25(22-45-2)19-33(35)42-28)26-11-9-24(10-12-26)6-5-17-47-37-32(41)16-15-31(40)36(37)39/h4,7-12,15-16,25,28-29,33,42H,5-6,13-14,17-22H2,1-3H3/t25?,28-,33+/m0/s1. The van der Waals surface area contributed by atoms with Crippen LogP contribution in [0.2, 0.25) is 5.02 Å². The highest BCUT2D eigenvalue weighted by atomic mass is 35.5. The number of ether oxygens (including phenoxy) is 3. The van der Waals surface area contributed by atoms with Gasteiger partial charge in [0.25, 0.3) is 5.91 Å². The Bertz CT molecular complexity index is 1620. The average molecular weight is 665 g/mol. The number of hydrogen-bond acceptors (Lipinski definition) is 5. The van der Waals surface area contributed by atoms with E-state index in [1.165, 1.54) is 0 Å². The van der Waals surface area contributed by atoms with Crippen molar-refractivity contribution in [2.75, 3.05) is 27.4 Å². The Morgan fingerprint density at radius 3 is 2.51 bits per heavy atom. The molecule has 3 aromatic carbocycles. The first-order chi connectivity index (χ1) is 22.8. The van der Waals surface area contributed by atoms with Crippen LogP contribution in [0.3, 0.4) is 0 Å². The summed E-state index contributed by atoms with van der Waals surface area (Å²) in [4.78, 5) is 16.8. The van der Waals surface area contributed by atoms with Gasteiger partial charge in [-0.25, -0.2) is 8.78 Å². The number of benzene rings is 3. The molecule has 250 valence electrons. The second-order valence-corrected chi connectivity index (χ2v) is 13.4. The van der Waals surface area contributed by atoms with Crippen LogP contribution in [-0.4, -0.2) is 56.4 Å². The third-order valence-electron chi connectivity index (χ3n) is 9.75. The van der Waals surface area contributed by atoms with Crippen LogP contribution in [0.1, 0.15) is 60.8 Å². The van der Waals surface area contributed by atoms with Gasteiger partial charge in [0.15, 0.2) is 11.6 Å². The molecule has 2 fully saturated rings. The molecular weight excluding hydrogens is 622 g/mol. The number of fused-ring (bicyclic) bond motifs is 2. The van der Waals surface area contributed by atoms with Crippen molar-refractivity contribution in [2.45, 2.75) is 76.5 Å². The van der Waals surface area contributed by atoms with E-state index >= 15 is 0 Å². The largest absolute Gasteiger partial charge is 0.496 e. The SMILES string of the molecule is COCC1C[C@H]2CC(c3ccc(CCCOc4c(F)ccc(F)c4Cl)cc3)=C(C(=O)N(Cc3cccc(OC)c3C)C3CC3)[C@@H](C1)N2. The molecule has 9 heteroatoms. The predicted octanol–water partition coefficient (Wildman–Crippen LogP) is 7.68. The number of piperidine rings is 1. The van der Waals surface area contributed by atoms with E-state index < -0.39 is 11.6 Å². The zero-order valence-electron chi connectivity index (χ0n) is 27.3. The molecule has 0 aromatic heterocycles. The molecule has 1 unspecified atom stereocenters. The highest BCUT2D eigenvalue weighted by Crippen LogP contribution is 2.41. The van der Waals surface area contributed by atoms with Crippen molar-refractivity contribution in [1.82, 2.24) is 10.2 Å². The Labute approximate surface area is 281 Å². The summed E-state index contributed by atoms with van der Waals surface area (Å²) < 4.78 is 44.4. The lowest BCUT2D eigenvalue weighted by molar-refractivity contribution is -0.129. The Hall–Kier alpha value is -3.46. The molecule has 1 N–H and O–H groups in total. The number of hydrogen-bond donors (Lipinski definition) is 1. The summed E-state index contributed by atoms with van der Waals surface area (Å²) in [6.45, 7) is 3.50. The van der Waals surface area contributed by atoms with Crippen LogP contribution >= 0.6 is 11.6 Å². The molecule has 3 atom stereocenters. The van der Waals surface area contributed by atoms with Crippen molar-refractivity contribution < 1.29 is 27.8 Å². The lowest BCUT2D eigenvalue weighted by Crippen LogP contribution is -2.53. The number of halogens is 3. The molecule has 1 saturated heterocycles. The van der Waals surface area contributed by atoms with Gasteiger partial charge in [-0.05, 0) is 104 Å². The van der Waals surface area contributed by atoms with Gasteiger partial charge in [0.2, 0.25) is 0 Å². The Kier molecular flexibility index (Phi) is 10.5. The topological polar surface area (TPSA) is 60.0 Å². The fourth-order valence-corrected chi connectivity index (χ4v) is 7.40. The van der Waals surface area contributed by atoms with Crippen molar-refractivity contribution in [3.8, 4) is 11.5 Å². The summed E-state index contributed by atoms with van der Waals surface area (Å²) in [7, 11) is 3.43. The molecule has 47 heavy (non-hydrogen) atoms. The van der Waals surface area contributed by atoms with E-state index in [2.05, 4.69) is 47.5 Å². The minimum atomic E-state index is -0.710. The van der Waals surface area contributed by atoms with Crippen molar-refractivity contribution in [3.63, 3.8) is 0 Å². The molecule has 6 nitrogen and oxygen atoms in total. The van der Waals surface area contributed by atoms with Gasteiger partial charge in [-0.2, -0.15) is 0 Å². The summed E-state index contributed by atoms with van der Waals surface area (Å²) in [5, 5.41) is 3.46. The number of amides is 1.